The minimum atomic E-state index is -1.04. The Morgan fingerprint density at radius 3 is 2.74 bits per heavy atom. The van der Waals surface area contributed by atoms with Crippen molar-refractivity contribution < 1.29 is 19.7 Å². The Balaban J connectivity index is 1.65. The smallest absolute Gasteiger partial charge is 0.256 e. The van der Waals surface area contributed by atoms with Crippen molar-refractivity contribution in [1.29, 1.82) is 0 Å². The van der Waals surface area contributed by atoms with E-state index in [-0.39, 0.29) is 18.3 Å². The first-order valence-corrected chi connectivity index (χ1v) is 8.34. The topological polar surface area (TPSA) is 148 Å². The third kappa shape index (κ3) is 3.04. The molecule has 10 heteroatoms. The van der Waals surface area contributed by atoms with Crippen LogP contribution in [-0.4, -0.2) is 60.5 Å². The minimum Gasteiger partial charge on any atom is -0.394 e. The Morgan fingerprint density at radius 1 is 1.26 bits per heavy atom. The number of hydrogen-bond donors (Lipinski definition) is 4. The number of hydrogen-bond acceptors (Lipinski definition) is 8. The van der Waals surface area contributed by atoms with E-state index in [0.29, 0.717) is 16.7 Å². The van der Waals surface area contributed by atoms with E-state index in [1.165, 1.54) is 17.2 Å². The summed E-state index contributed by atoms with van der Waals surface area (Å²) >= 11 is 0. The SMILES string of the molecule is N[C@H]1[C@@H](O)[C@H](n2cnc3c(NC(=O)c4ccccc4)ncnc32)O[C@@H]1CO. The zero-order valence-corrected chi connectivity index (χ0v) is 14.1. The van der Waals surface area contributed by atoms with E-state index < -0.39 is 24.5 Å². The van der Waals surface area contributed by atoms with Crippen LogP contribution in [0.4, 0.5) is 5.82 Å². The van der Waals surface area contributed by atoms with Crippen LogP contribution in [0, 0.1) is 0 Å². The van der Waals surface area contributed by atoms with Crippen molar-refractivity contribution in [3.8, 4) is 0 Å². The zero-order valence-electron chi connectivity index (χ0n) is 14.1. The molecule has 2 aromatic heterocycles. The molecule has 3 aromatic rings. The van der Waals surface area contributed by atoms with Gasteiger partial charge in [-0.1, -0.05) is 18.2 Å². The zero-order chi connectivity index (χ0) is 19.0. The van der Waals surface area contributed by atoms with E-state index in [1.54, 1.807) is 24.3 Å². The molecular weight excluding hydrogens is 352 g/mol. The van der Waals surface area contributed by atoms with Gasteiger partial charge in [0.05, 0.1) is 19.0 Å². The normalized spacial score (nSPS) is 25.0. The Kier molecular flexibility index (Phi) is 4.54. The molecule has 0 spiro atoms. The number of nitrogens with one attached hydrogen (secondary N) is 1. The average Bonchev–Trinajstić information content (AvgIpc) is 3.25. The fourth-order valence-corrected chi connectivity index (χ4v) is 3.05. The third-order valence-electron chi connectivity index (χ3n) is 4.51. The van der Waals surface area contributed by atoms with Gasteiger partial charge in [-0.2, -0.15) is 0 Å². The van der Waals surface area contributed by atoms with Crippen LogP contribution < -0.4 is 11.1 Å². The van der Waals surface area contributed by atoms with Crippen molar-refractivity contribution in [3.05, 3.63) is 48.5 Å². The second kappa shape index (κ2) is 7.00. The predicted octanol–water partition coefficient (Wildman–Crippen LogP) is -0.344. The molecule has 1 aliphatic heterocycles. The third-order valence-corrected chi connectivity index (χ3v) is 4.51. The van der Waals surface area contributed by atoms with Gasteiger partial charge in [-0.15, -0.1) is 0 Å². The van der Waals surface area contributed by atoms with Gasteiger partial charge in [-0.3, -0.25) is 9.36 Å². The standard InChI is InChI=1S/C17H18N6O4/c18-11-10(6-24)27-17(13(11)25)23-8-21-12-14(19-7-20-15(12)23)22-16(26)9-4-2-1-3-5-9/h1-5,7-8,10-11,13,17,24-25H,6,18H2,(H,19,20,22,26)/t10-,11-,13-,17-/m1/s1. The van der Waals surface area contributed by atoms with Gasteiger partial charge in [0, 0.05) is 5.56 Å². The van der Waals surface area contributed by atoms with E-state index in [1.807, 2.05) is 6.07 Å². The van der Waals surface area contributed by atoms with Gasteiger partial charge >= 0.3 is 0 Å². The summed E-state index contributed by atoms with van der Waals surface area (Å²) in [4.78, 5) is 24.9. The van der Waals surface area contributed by atoms with E-state index in [4.69, 9.17) is 10.5 Å². The maximum atomic E-state index is 12.4. The Morgan fingerprint density at radius 2 is 2.04 bits per heavy atom. The summed E-state index contributed by atoms with van der Waals surface area (Å²) in [6, 6.07) is 7.98. The van der Waals surface area contributed by atoms with Crippen LogP contribution in [0.2, 0.25) is 0 Å². The van der Waals surface area contributed by atoms with Crippen LogP contribution in [0.1, 0.15) is 16.6 Å². The second-order valence-electron chi connectivity index (χ2n) is 6.18. The van der Waals surface area contributed by atoms with Crippen molar-refractivity contribution in [2.24, 2.45) is 5.73 Å². The molecule has 10 nitrogen and oxygen atoms in total. The quantitative estimate of drug-likeness (QED) is 0.487. The molecule has 140 valence electrons. The van der Waals surface area contributed by atoms with Gasteiger partial charge in [-0.05, 0) is 12.1 Å². The van der Waals surface area contributed by atoms with Crippen molar-refractivity contribution in [2.45, 2.75) is 24.5 Å². The van der Waals surface area contributed by atoms with E-state index in [2.05, 4.69) is 20.3 Å². The number of aromatic nitrogens is 4. The first kappa shape index (κ1) is 17.5. The fourth-order valence-electron chi connectivity index (χ4n) is 3.05. The van der Waals surface area contributed by atoms with Crippen LogP contribution >= 0.6 is 0 Å². The van der Waals surface area contributed by atoms with Crippen LogP contribution in [0.3, 0.4) is 0 Å². The van der Waals surface area contributed by atoms with Gasteiger partial charge in [-0.25, -0.2) is 15.0 Å². The molecule has 1 fully saturated rings. The highest BCUT2D eigenvalue weighted by Crippen LogP contribution is 2.31. The molecule has 0 aliphatic carbocycles. The monoisotopic (exact) mass is 370 g/mol. The molecule has 1 saturated heterocycles. The Bertz CT molecular complexity index is 962. The number of benzene rings is 1. The molecular formula is C17H18N6O4. The van der Waals surface area contributed by atoms with Crippen LogP contribution in [0.25, 0.3) is 11.2 Å². The molecule has 0 bridgehead atoms. The van der Waals surface area contributed by atoms with Gasteiger partial charge in [0.1, 0.15) is 18.5 Å². The number of aliphatic hydroxyl groups excluding tert-OH is 2. The minimum absolute atomic E-state index is 0.239. The number of aliphatic hydroxyl groups is 2. The lowest BCUT2D eigenvalue weighted by molar-refractivity contribution is -0.0488. The molecule has 1 aliphatic rings. The van der Waals surface area contributed by atoms with E-state index in [0.717, 1.165) is 0 Å². The van der Waals surface area contributed by atoms with Crippen LogP contribution in [0.15, 0.2) is 43.0 Å². The number of carbonyl (C=O) groups excluding carboxylic acids is 1. The number of ether oxygens (including phenoxy) is 1. The van der Waals surface area contributed by atoms with Crippen LogP contribution in [0.5, 0.6) is 0 Å². The highest BCUT2D eigenvalue weighted by Gasteiger charge is 2.42. The van der Waals surface area contributed by atoms with Crippen molar-refractivity contribution in [2.75, 3.05) is 11.9 Å². The Hall–Kier alpha value is -2.92. The van der Waals surface area contributed by atoms with Gasteiger partial charge in [0.15, 0.2) is 23.2 Å². The number of carbonyl (C=O) groups is 1. The summed E-state index contributed by atoms with van der Waals surface area (Å²) in [6.07, 6.45) is 0.122. The summed E-state index contributed by atoms with van der Waals surface area (Å²) in [5.41, 5.74) is 7.07. The average molecular weight is 370 g/mol. The van der Waals surface area contributed by atoms with E-state index in [9.17, 15) is 15.0 Å². The molecule has 27 heavy (non-hydrogen) atoms. The van der Waals surface area contributed by atoms with Gasteiger partial charge < -0.3 is 26.0 Å². The molecule has 0 unspecified atom stereocenters. The first-order valence-electron chi connectivity index (χ1n) is 8.34. The maximum Gasteiger partial charge on any atom is 0.256 e. The number of imidazole rings is 1. The summed E-state index contributed by atoms with van der Waals surface area (Å²) in [5, 5.41) is 22.4. The van der Waals surface area contributed by atoms with Crippen molar-refractivity contribution in [1.82, 2.24) is 19.5 Å². The number of anilines is 1. The Labute approximate surface area is 153 Å². The molecule has 0 saturated carbocycles. The lowest BCUT2D eigenvalue weighted by Gasteiger charge is -2.16. The van der Waals surface area contributed by atoms with Crippen LogP contribution in [-0.2, 0) is 4.74 Å². The second-order valence-corrected chi connectivity index (χ2v) is 6.18. The highest BCUT2D eigenvalue weighted by molar-refractivity contribution is 6.06. The lowest BCUT2D eigenvalue weighted by Crippen LogP contribution is -2.41. The summed E-state index contributed by atoms with van der Waals surface area (Å²) < 4.78 is 7.14. The fraction of sp³-hybridized carbons (Fsp3) is 0.294. The molecule has 4 atom stereocenters. The lowest BCUT2D eigenvalue weighted by atomic mass is 10.1. The van der Waals surface area contributed by atoms with Gasteiger partial charge in [0.2, 0.25) is 0 Å². The number of fused-ring (bicyclic) bond motifs is 1. The van der Waals surface area contributed by atoms with Gasteiger partial charge in [0.25, 0.3) is 5.91 Å². The first-order chi connectivity index (χ1) is 13.1. The number of amides is 1. The number of nitrogens with zero attached hydrogens (tertiary/aromatic N) is 4. The molecule has 0 radical (unpaired) electrons. The molecule has 1 amide bonds. The number of rotatable bonds is 4. The largest absolute Gasteiger partial charge is 0.394 e. The van der Waals surface area contributed by atoms with E-state index >= 15 is 0 Å². The summed E-state index contributed by atoms with van der Waals surface area (Å²) in [6.45, 7) is -0.311. The van der Waals surface area contributed by atoms with Crippen molar-refractivity contribution >= 4 is 22.9 Å². The number of nitrogens with two attached hydrogens (primary N) is 1. The molecule has 1 aromatic carbocycles. The predicted molar refractivity (Wildman–Crippen MR) is 94.7 cm³/mol. The highest BCUT2D eigenvalue weighted by atomic mass is 16.5. The summed E-state index contributed by atoms with van der Waals surface area (Å²) in [5.74, 6) is -0.0900. The molecule has 4 rings (SSSR count). The molecule has 5 N–H and O–H groups in total. The summed E-state index contributed by atoms with van der Waals surface area (Å²) in [7, 11) is 0. The van der Waals surface area contributed by atoms with Crippen molar-refractivity contribution in [3.63, 3.8) is 0 Å². The molecule has 3 heterocycles. The maximum absolute atomic E-state index is 12.4.